The number of hydrogen-bond acceptors (Lipinski definition) is 4. The Kier molecular flexibility index (Phi) is 6.66. The SMILES string of the molecule is N.O=[P+]1OCCCCCCO1. The minimum atomic E-state index is -1.80. The molecule has 0 unspecified atom stereocenters. The van der Waals surface area contributed by atoms with Crippen LogP contribution in [0.25, 0.3) is 0 Å². The van der Waals surface area contributed by atoms with Gasteiger partial charge in [0.1, 0.15) is 13.2 Å². The summed E-state index contributed by atoms with van der Waals surface area (Å²) in [5.41, 5.74) is 0. The Balaban J connectivity index is 0.000001000. The van der Waals surface area contributed by atoms with Crippen molar-refractivity contribution in [3.05, 3.63) is 0 Å². The molecule has 11 heavy (non-hydrogen) atoms. The van der Waals surface area contributed by atoms with Crippen molar-refractivity contribution in [2.75, 3.05) is 13.2 Å². The van der Waals surface area contributed by atoms with Crippen molar-refractivity contribution in [3.63, 3.8) is 0 Å². The lowest BCUT2D eigenvalue weighted by molar-refractivity contribution is 0.232. The van der Waals surface area contributed by atoms with Gasteiger partial charge in [0.2, 0.25) is 0 Å². The van der Waals surface area contributed by atoms with Crippen molar-refractivity contribution < 1.29 is 13.6 Å². The molecule has 1 aliphatic rings. The molecule has 0 aromatic heterocycles. The first-order chi connectivity index (χ1) is 4.89. The summed E-state index contributed by atoms with van der Waals surface area (Å²) in [6.07, 6.45) is 4.33. The van der Waals surface area contributed by atoms with Gasteiger partial charge in [-0.25, -0.2) is 0 Å². The first kappa shape index (κ1) is 11.0. The molecule has 3 N–H and O–H groups in total. The Morgan fingerprint density at radius 2 is 1.36 bits per heavy atom. The van der Waals surface area contributed by atoms with Crippen molar-refractivity contribution in [3.8, 4) is 0 Å². The molecule has 1 saturated heterocycles. The summed E-state index contributed by atoms with van der Waals surface area (Å²) in [5.74, 6) is 0. The van der Waals surface area contributed by atoms with Crippen molar-refractivity contribution in [1.82, 2.24) is 6.15 Å². The molecular weight excluding hydrogens is 165 g/mol. The minimum absolute atomic E-state index is 0. The summed E-state index contributed by atoms with van der Waals surface area (Å²) in [6, 6.07) is 0. The van der Waals surface area contributed by atoms with Gasteiger partial charge in [-0.05, 0) is 12.8 Å². The largest absolute Gasteiger partial charge is 0.697 e. The first-order valence-corrected chi connectivity index (χ1v) is 4.72. The van der Waals surface area contributed by atoms with E-state index in [1.807, 2.05) is 0 Å². The molecule has 0 aromatic carbocycles. The van der Waals surface area contributed by atoms with E-state index < -0.39 is 8.25 Å². The highest BCUT2D eigenvalue weighted by atomic mass is 31.1. The Morgan fingerprint density at radius 3 is 1.82 bits per heavy atom. The summed E-state index contributed by atoms with van der Waals surface area (Å²) in [4.78, 5) is 0. The number of hydrogen-bond donors (Lipinski definition) is 1. The predicted octanol–water partition coefficient (Wildman–Crippen LogP) is 2.41. The molecule has 0 atom stereocenters. The second-order valence-electron chi connectivity index (χ2n) is 2.30. The lowest BCUT2D eigenvalue weighted by atomic mass is 10.2. The molecular formula is C6H15NO3P+. The maximum Gasteiger partial charge on any atom is 0.697 e. The van der Waals surface area contributed by atoms with E-state index in [0.29, 0.717) is 13.2 Å². The van der Waals surface area contributed by atoms with Gasteiger partial charge in [0.15, 0.2) is 0 Å². The van der Waals surface area contributed by atoms with E-state index in [4.69, 9.17) is 9.05 Å². The Morgan fingerprint density at radius 1 is 0.909 bits per heavy atom. The second-order valence-corrected chi connectivity index (χ2v) is 3.27. The van der Waals surface area contributed by atoms with Crippen LogP contribution in [0.3, 0.4) is 0 Å². The highest BCUT2D eigenvalue weighted by Crippen LogP contribution is 2.25. The molecule has 4 nitrogen and oxygen atoms in total. The fraction of sp³-hybridized carbons (Fsp3) is 1.00. The molecule has 0 amide bonds. The second kappa shape index (κ2) is 6.68. The topological polar surface area (TPSA) is 70.5 Å². The lowest BCUT2D eigenvalue weighted by Crippen LogP contribution is -1.85. The molecule has 66 valence electrons. The summed E-state index contributed by atoms with van der Waals surface area (Å²) in [7, 11) is -1.80. The fourth-order valence-corrected chi connectivity index (χ4v) is 1.50. The smallest absolute Gasteiger partial charge is 0.344 e. The van der Waals surface area contributed by atoms with Gasteiger partial charge in [-0.15, -0.1) is 9.05 Å². The maximum absolute atomic E-state index is 10.7. The fourth-order valence-electron chi connectivity index (χ4n) is 0.873. The van der Waals surface area contributed by atoms with Crippen molar-refractivity contribution >= 4 is 8.25 Å². The maximum atomic E-state index is 10.7. The van der Waals surface area contributed by atoms with Gasteiger partial charge >= 0.3 is 8.25 Å². The van der Waals surface area contributed by atoms with Crippen LogP contribution in [-0.2, 0) is 13.6 Å². The summed E-state index contributed by atoms with van der Waals surface area (Å²) < 4.78 is 20.4. The molecule has 1 rings (SSSR count). The predicted molar refractivity (Wildman–Crippen MR) is 43.0 cm³/mol. The Labute approximate surface area is 67.8 Å². The van der Waals surface area contributed by atoms with Crippen LogP contribution in [0.2, 0.25) is 0 Å². The molecule has 0 bridgehead atoms. The third-order valence-electron chi connectivity index (χ3n) is 1.43. The highest BCUT2D eigenvalue weighted by molar-refractivity contribution is 7.33. The minimum Gasteiger partial charge on any atom is -0.344 e. The van der Waals surface area contributed by atoms with Gasteiger partial charge in [-0.1, -0.05) is 12.8 Å². The van der Waals surface area contributed by atoms with E-state index in [-0.39, 0.29) is 6.15 Å². The quantitative estimate of drug-likeness (QED) is 0.581. The summed E-state index contributed by atoms with van der Waals surface area (Å²) in [5, 5.41) is 0. The average molecular weight is 180 g/mol. The lowest BCUT2D eigenvalue weighted by Gasteiger charge is -1.90. The van der Waals surface area contributed by atoms with E-state index >= 15 is 0 Å². The van der Waals surface area contributed by atoms with Gasteiger partial charge in [0.05, 0.1) is 0 Å². The molecule has 0 spiro atoms. The molecule has 0 saturated carbocycles. The van der Waals surface area contributed by atoms with Crippen LogP contribution in [0.15, 0.2) is 0 Å². The van der Waals surface area contributed by atoms with Crippen LogP contribution >= 0.6 is 8.25 Å². The standard InChI is InChI=1S/C6H12O3P.H3N/c7-10-8-5-3-1-2-4-6-9-10;/h1-6H2;1H3/q+1;. The van der Waals surface area contributed by atoms with Gasteiger partial charge in [0, 0.05) is 4.57 Å². The molecule has 1 heterocycles. The average Bonchev–Trinajstić information content (AvgIpc) is 2.02. The zero-order valence-electron chi connectivity index (χ0n) is 6.62. The molecule has 1 aliphatic heterocycles. The van der Waals surface area contributed by atoms with Crippen LogP contribution < -0.4 is 6.15 Å². The Bertz CT molecular complexity index is 108. The highest BCUT2D eigenvalue weighted by Gasteiger charge is 2.20. The van der Waals surface area contributed by atoms with E-state index in [0.717, 1.165) is 25.7 Å². The van der Waals surface area contributed by atoms with Crippen LogP contribution in [-0.4, -0.2) is 13.2 Å². The monoisotopic (exact) mass is 180 g/mol. The Hall–Kier alpha value is -0.0200. The van der Waals surface area contributed by atoms with Crippen LogP contribution in [0.4, 0.5) is 0 Å². The van der Waals surface area contributed by atoms with Crippen LogP contribution in [0, 0.1) is 0 Å². The van der Waals surface area contributed by atoms with Crippen LogP contribution in [0.1, 0.15) is 25.7 Å². The van der Waals surface area contributed by atoms with E-state index in [1.54, 1.807) is 0 Å². The summed E-state index contributed by atoms with van der Waals surface area (Å²) >= 11 is 0. The van der Waals surface area contributed by atoms with Crippen LogP contribution in [0.5, 0.6) is 0 Å². The molecule has 0 aromatic rings. The van der Waals surface area contributed by atoms with Gasteiger partial charge in [-0.3, -0.25) is 0 Å². The third kappa shape index (κ3) is 5.27. The van der Waals surface area contributed by atoms with E-state index in [9.17, 15) is 4.57 Å². The van der Waals surface area contributed by atoms with Crippen molar-refractivity contribution in [2.24, 2.45) is 0 Å². The number of rotatable bonds is 0. The van der Waals surface area contributed by atoms with E-state index in [1.165, 1.54) is 0 Å². The van der Waals surface area contributed by atoms with Gasteiger partial charge in [0.25, 0.3) is 0 Å². The molecule has 1 fully saturated rings. The normalized spacial score (nSPS) is 20.9. The molecule has 0 radical (unpaired) electrons. The zero-order valence-corrected chi connectivity index (χ0v) is 7.52. The van der Waals surface area contributed by atoms with Gasteiger partial charge in [-0.2, -0.15) is 0 Å². The van der Waals surface area contributed by atoms with E-state index in [2.05, 4.69) is 0 Å². The summed E-state index contributed by atoms with van der Waals surface area (Å²) in [6.45, 7) is 1.16. The zero-order chi connectivity index (χ0) is 7.23. The first-order valence-electron chi connectivity index (χ1n) is 3.63. The van der Waals surface area contributed by atoms with Gasteiger partial charge < -0.3 is 6.15 Å². The third-order valence-corrected chi connectivity index (χ3v) is 2.22. The van der Waals surface area contributed by atoms with Crippen molar-refractivity contribution in [1.29, 1.82) is 0 Å². The molecule has 5 heteroatoms. The molecule has 0 aliphatic carbocycles. The van der Waals surface area contributed by atoms with Crippen molar-refractivity contribution in [2.45, 2.75) is 25.7 Å².